The molecule has 4 rings (SSSR count). The Labute approximate surface area is 197 Å². The van der Waals surface area contributed by atoms with Crippen LogP contribution in [-0.4, -0.2) is 58.3 Å². The number of carbonyl (C=O) groups is 1. The number of carbonyl (C=O) groups excluding carboxylic acids is 1. The summed E-state index contributed by atoms with van der Waals surface area (Å²) in [5.74, 6) is -0.530. The van der Waals surface area contributed by atoms with E-state index in [-0.39, 0.29) is 12.0 Å². The molecule has 0 spiro atoms. The number of hydrogen-bond donors (Lipinski definition) is 1. The lowest BCUT2D eigenvalue weighted by molar-refractivity contribution is -0.915. The fourth-order valence-electron chi connectivity index (χ4n) is 5.59. The van der Waals surface area contributed by atoms with Gasteiger partial charge < -0.3 is 14.3 Å². The number of aliphatic hydroxyl groups is 1. The van der Waals surface area contributed by atoms with Crippen LogP contribution >= 0.6 is 0 Å². The molecule has 1 aliphatic heterocycles. The van der Waals surface area contributed by atoms with Gasteiger partial charge >= 0.3 is 5.97 Å². The summed E-state index contributed by atoms with van der Waals surface area (Å²) in [5, 5.41) is 11.7. The number of benzene rings is 1. The molecular formula is C27H38N3O3+. The third-order valence-corrected chi connectivity index (χ3v) is 7.75. The molecule has 1 aliphatic carbocycles. The highest BCUT2D eigenvalue weighted by Gasteiger charge is 2.48. The lowest BCUT2D eigenvalue weighted by Crippen LogP contribution is -2.53. The van der Waals surface area contributed by atoms with Gasteiger partial charge in [0.25, 0.3) is 0 Å². The Morgan fingerprint density at radius 3 is 2.48 bits per heavy atom. The van der Waals surface area contributed by atoms with E-state index in [4.69, 9.17) is 4.74 Å². The predicted octanol–water partition coefficient (Wildman–Crippen LogP) is 4.03. The number of likely N-dealkylation sites (tertiary alicyclic amines) is 1. The number of aryl methyl sites for hydroxylation is 1. The summed E-state index contributed by atoms with van der Waals surface area (Å²) in [7, 11) is 2.29. The van der Waals surface area contributed by atoms with Crippen molar-refractivity contribution >= 4 is 5.97 Å². The van der Waals surface area contributed by atoms with Gasteiger partial charge in [-0.15, -0.1) is 0 Å². The molecule has 178 valence electrons. The van der Waals surface area contributed by atoms with Crippen molar-refractivity contribution in [2.24, 2.45) is 5.92 Å². The van der Waals surface area contributed by atoms with Crippen LogP contribution < -0.4 is 0 Å². The van der Waals surface area contributed by atoms with Gasteiger partial charge in [0, 0.05) is 37.1 Å². The van der Waals surface area contributed by atoms with Gasteiger partial charge in [-0.25, -0.2) is 14.8 Å². The van der Waals surface area contributed by atoms with Crippen molar-refractivity contribution in [1.82, 2.24) is 9.97 Å². The van der Waals surface area contributed by atoms with Gasteiger partial charge in [0.1, 0.15) is 12.4 Å². The second-order valence-electron chi connectivity index (χ2n) is 10.2. The molecule has 0 bridgehead atoms. The molecule has 0 radical (unpaired) electrons. The van der Waals surface area contributed by atoms with Crippen LogP contribution in [0.25, 0.3) is 0 Å². The van der Waals surface area contributed by atoms with E-state index in [0.29, 0.717) is 5.56 Å². The van der Waals surface area contributed by atoms with Crippen molar-refractivity contribution in [3.63, 3.8) is 0 Å². The number of rotatable bonds is 8. The zero-order valence-electron chi connectivity index (χ0n) is 19.9. The molecule has 1 aromatic carbocycles. The highest BCUT2D eigenvalue weighted by Crippen LogP contribution is 2.41. The Bertz CT molecular complexity index is 878. The van der Waals surface area contributed by atoms with E-state index < -0.39 is 11.6 Å². The molecule has 6 nitrogen and oxygen atoms in total. The monoisotopic (exact) mass is 452 g/mol. The van der Waals surface area contributed by atoms with Crippen LogP contribution in [0.2, 0.25) is 0 Å². The van der Waals surface area contributed by atoms with E-state index in [1.165, 1.54) is 6.42 Å². The number of aromatic nitrogens is 2. The second kappa shape index (κ2) is 10.7. The fraction of sp³-hybridized carbons (Fsp3) is 0.593. The molecule has 6 heteroatoms. The number of piperidine rings is 1. The summed E-state index contributed by atoms with van der Waals surface area (Å²) >= 11 is 0. The molecule has 1 saturated heterocycles. The predicted molar refractivity (Wildman–Crippen MR) is 127 cm³/mol. The molecule has 1 saturated carbocycles. The van der Waals surface area contributed by atoms with Crippen LogP contribution in [0.15, 0.2) is 48.9 Å². The minimum absolute atomic E-state index is 0.0763. The van der Waals surface area contributed by atoms with Crippen molar-refractivity contribution in [3.8, 4) is 0 Å². The highest BCUT2D eigenvalue weighted by molar-refractivity contribution is 5.81. The average Bonchev–Trinajstić information content (AvgIpc) is 2.87. The maximum Gasteiger partial charge on any atom is 0.343 e. The molecule has 33 heavy (non-hydrogen) atoms. The van der Waals surface area contributed by atoms with Gasteiger partial charge in [0.05, 0.1) is 26.7 Å². The molecular weight excluding hydrogens is 414 g/mol. The summed E-state index contributed by atoms with van der Waals surface area (Å²) in [6.45, 7) is 3.05. The fourth-order valence-corrected chi connectivity index (χ4v) is 5.59. The number of ether oxygens (including phenoxy) is 1. The summed E-state index contributed by atoms with van der Waals surface area (Å²) in [5.41, 5.74) is 0.209. The molecule has 1 N–H and O–H groups in total. The third kappa shape index (κ3) is 5.79. The van der Waals surface area contributed by atoms with Crippen molar-refractivity contribution in [3.05, 3.63) is 60.2 Å². The van der Waals surface area contributed by atoms with Crippen LogP contribution in [0.1, 0.15) is 62.6 Å². The molecule has 1 aromatic heterocycles. The number of esters is 1. The normalized spacial score (nSPS) is 25.8. The van der Waals surface area contributed by atoms with Crippen molar-refractivity contribution < 1.29 is 19.1 Å². The van der Waals surface area contributed by atoms with Crippen LogP contribution in [0.4, 0.5) is 0 Å². The van der Waals surface area contributed by atoms with Crippen LogP contribution in [0.5, 0.6) is 0 Å². The van der Waals surface area contributed by atoms with Crippen molar-refractivity contribution in [1.29, 1.82) is 0 Å². The lowest BCUT2D eigenvalue weighted by atomic mass is 9.73. The van der Waals surface area contributed by atoms with Gasteiger partial charge in [-0.05, 0) is 30.9 Å². The Hall–Kier alpha value is -2.31. The molecule has 2 aromatic rings. The molecule has 0 amide bonds. The van der Waals surface area contributed by atoms with E-state index in [1.807, 2.05) is 36.4 Å². The smallest absolute Gasteiger partial charge is 0.343 e. The van der Waals surface area contributed by atoms with Crippen LogP contribution in [0, 0.1) is 5.92 Å². The third-order valence-electron chi connectivity index (χ3n) is 7.75. The van der Waals surface area contributed by atoms with E-state index >= 15 is 0 Å². The number of nitrogens with zero attached hydrogens (tertiary/aromatic N) is 3. The minimum atomic E-state index is -1.55. The topological polar surface area (TPSA) is 72.3 Å². The quantitative estimate of drug-likeness (QED) is 0.484. The van der Waals surface area contributed by atoms with E-state index in [0.717, 1.165) is 81.2 Å². The number of hydrogen-bond acceptors (Lipinski definition) is 5. The van der Waals surface area contributed by atoms with Gasteiger partial charge in [-0.3, -0.25) is 0 Å². The molecule has 1 unspecified atom stereocenters. The molecule has 1 atom stereocenters. The molecule has 2 aliphatic rings. The summed E-state index contributed by atoms with van der Waals surface area (Å²) in [4.78, 5) is 21.7. The highest BCUT2D eigenvalue weighted by atomic mass is 16.6. The van der Waals surface area contributed by atoms with Crippen molar-refractivity contribution in [2.45, 2.75) is 69.5 Å². The lowest BCUT2D eigenvalue weighted by Gasteiger charge is -2.42. The van der Waals surface area contributed by atoms with Crippen molar-refractivity contribution in [2.75, 3.05) is 26.7 Å². The van der Waals surface area contributed by atoms with E-state index in [9.17, 15) is 9.90 Å². The zero-order chi connectivity index (χ0) is 23.2. The summed E-state index contributed by atoms with van der Waals surface area (Å²) in [6, 6.07) is 11.4. The zero-order valence-corrected chi connectivity index (χ0v) is 19.9. The van der Waals surface area contributed by atoms with Crippen LogP contribution in [-0.2, 0) is 21.6 Å². The van der Waals surface area contributed by atoms with Gasteiger partial charge in [-0.2, -0.15) is 0 Å². The first kappa shape index (κ1) is 23.8. The van der Waals surface area contributed by atoms with E-state index in [2.05, 4.69) is 17.0 Å². The SMILES string of the molecule is C[N+]1(CCCc2ccncn2)CCC(OC(=O)C(O)(c2ccccc2)C2CCCCC2)CC1. The standard InChI is InChI=1S/C27H38N3O3/c1-30(18-8-13-24-14-17-28-21-29-24)19-15-25(16-20-30)33-26(31)27(32,22-9-4-2-5-10-22)23-11-6-3-7-12-23/h2,4-5,9-10,14,17,21,23,25,32H,3,6-8,11-13,15-16,18-20H2,1H3/q+1. The maximum absolute atomic E-state index is 13.4. The Kier molecular flexibility index (Phi) is 7.76. The van der Waals surface area contributed by atoms with Crippen LogP contribution in [0.3, 0.4) is 0 Å². The summed E-state index contributed by atoms with van der Waals surface area (Å²) < 4.78 is 7.01. The molecule has 2 heterocycles. The van der Waals surface area contributed by atoms with Gasteiger partial charge in [0.15, 0.2) is 5.60 Å². The maximum atomic E-state index is 13.4. The first-order chi connectivity index (χ1) is 16.0. The van der Waals surface area contributed by atoms with Gasteiger partial charge in [-0.1, -0.05) is 49.6 Å². The Morgan fingerprint density at radius 2 is 1.82 bits per heavy atom. The first-order valence-electron chi connectivity index (χ1n) is 12.6. The van der Waals surface area contributed by atoms with Gasteiger partial charge in [0.2, 0.25) is 0 Å². The second-order valence-corrected chi connectivity index (χ2v) is 10.2. The Morgan fingerprint density at radius 1 is 1.09 bits per heavy atom. The number of quaternary nitrogens is 1. The molecule has 2 fully saturated rings. The Balaban J connectivity index is 1.34. The largest absolute Gasteiger partial charge is 0.460 e. The average molecular weight is 453 g/mol. The summed E-state index contributed by atoms with van der Waals surface area (Å²) in [6.07, 6.45) is 12.0. The first-order valence-corrected chi connectivity index (χ1v) is 12.6. The minimum Gasteiger partial charge on any atom is -0.460 e. The van der Waals surface area contributed by atoms with E-state index in [1.54, 1.807) is 12.5 Å².